The van der Waals surface area contributed by atoms with Gasteiger partial charge in [0.05, 0.1) is 13.2 Å². The molecule has 2 heterocycles. The van der Waals surface area contributed by atoms with E-state index in [1.54, 1.807) is 7.05 Å². The Morgan fingerprint density at radius 2 is 1.92 bits per heavy atom. The Labute approximate surface area is 143 Å². The molecule has 0 atom stereocenters. The Bertz CT molecular complexity index is 559. The lowest BCUT2D eigenvalue weighted by molar-refractivity contribution is 0.0389. The third kappa shape index (κ3) is 4.75. The third-order valence-corrected chi connectivity index (χ3v) is 4.19. The minimum atomic E-state index is 0.316. The third-order valence-electron chi connectivity index (χ3n) is 4.19. The van der Waals surface area contributed by atoms with Crippen LogP contribution in [0.1, 0.15) is 5.56 Å². The van der Waals surface area contributed by atoms with Gasteiger partial charge in [-0.3, -0.25) is 9.89 Å². The molecule has 0 aromatic heterocycles. The zero-order valence-electron chi connectivity index (χ0n) is 14.2. The predicted octanol–water partition coefficient (Wildman–Crippen LogP) is 0.455. The fourth-order valence-electron chi connectivity index (χ4n) is 2.80. The number of ether oxygens (including phenoxy) is 3. The molecular formula is C17H26N4O3. The van der Waals surface area contributed by atoms with Crippen LogP contribution in [0.2, 0.25) is 0 Å². The topological polar surface area (TPSA) is 67.4 Å². The van der Waals surface area contributed by atoms with Crippen molar-refractivity contribution in [1.29, 1.82) is 0 Å². The van der Waals surface area contributed by atoms with E-state index in [1.807, 2.05) is 12.1 Å². The summed E-state index contributed by atoms with van der Waals surface area (Å²) in [7, 11) is 1.80. The number of fused-ring (bicyclic) bond motifs is 1. The monoisotopic (exact) mass is 334 g/mol. The summed E-state index contributed by atoms with van der Waals surface area (Å²) in [5, 5.41) is 6.70. The number of nitrogens with zero attached hydrogens (tertiary/aromatic N) is 2. The molecule has 2 aliphatic rings. The number of hydrogen-bond acceptors (Lipinski definition) is 5. The summed E-state index contributed by atoms with van der Waals surface area (Å²) in [6.45, 7) is 6.71. The minimum absolute atomic E-state index is 0.316. The highest BCUT2D eigenvalue weighted by Gasteiger charge is 2.13. The van der Waals surface area contributed by atoms with E-state index in [0.717, 1.165) is 69.8 Å². The van der Waals surface area contributed by atoms with Crippen LogP contribution in [0.5, 0.6) is 11.5 Å². The van der Waals surface area contributed by atoms with Crippen LogP contribution >= 0.6 is 0 Å². The summed E-state index contributed by atoms with van der Waals surface area (Å²) in [5.41, 5.74) is 1.22. The van der Waals surface area contributed by atoms with E-state index in [0.29, 0.717) is 6.79 Å². The van der Waals surface area contributed by atoms with Gasteiger partial charge in [-0.1, -0.05) is 6.07 Å². The standard InChI is InChI=1S/C17H26N4O3/c1-18-17(20-6-7-21-8-10-22-11-9-21)19-5-4-14-2-3-15-16(12-14)24-13-23-15/h2-3,12H,4-11,13H2,1H3,(H2,18,19,20). The van der Waals surface area contributed by atoms with Gasteiger partial charge in [0.1, 0.15) is 0 Å². The van der Waals surface area contributed by atoms with Crippen molar-refractivity contribution in [2.75, 3.05) is 59.8 Å². The molecule has 2 N–H and O–H groups in total. The first-order chi connectivity index (χ1) is 11.8. The highest BCUT2D eigenvalue weighted by atomic mass is 16.7. The first-order valence-electron chi connectivity index (χ1n) is 8.48. The molecular weight excluding hydrogens is 308 g/mol. The lowest BCUT2D eigenvalue weighted by Gasteiger charge is -2.26. The number of aliphatic imine (C=N–C) groups is 1. The van der Waals surface area contributed by atoms with E-state index in [-0.39, 0.29) is 0 Å². The van der Waals surface area contributed by atoms with Gasteiger partial charge in [0.15, 0.2) is 17.5 Å². The molecule has 3 rings (SSSR count). The van der Waals surface area contributed by atoms with Gasteiger partial charge in [-0.15, -0.1) is 0 Å². The maximum atomic E-state index is 5.41. The van der Waals surface area contributed by atoms with Crippen LogP contribution in [0.4, 0.5) is 0 Å². The van der Waals surface area contributed by atoms with Crippen LogP contribution in [0.3, 0.4) is 0 Å². The molecule has 7 nitrogen and oxygen atoms in total. The van der Waals surface area contributed by atoms with Crippen molar-refractivity contribution in [2.45, 2.75) is 6.42 Å². The van der Waals surface area contributed by atoms with E-state index < -0.39 is 0 Å². The quantitative estimate of drug-likeness (QED) is 0.582. The minimum Gasteiger partial charge on any atom is -0.454 e. The second-order valence-electron chi connectivity index (χ2n) is 5.82. The molecule has 0 amide bonds. The maximum Gasteiger partial charge on any atom is 0.231 e. The first kappa shape index (κ1) is 16.9. The number of hydrogen-bond donors (Lipinski definition) is 2. The van der Waals surface area contributed by atoms with Gasteiger partial charge in [-0.2, -0.15) is 0 Å². The van der Waals surface area contributed by atoms with Crippen LogP contribution in [0.15, 0.2) is 23.2 Å². The van der Waals surface area contributed by atoms with Crippen LogP contribution in [-0.2, 0) is 11.2 Å². The maximum absolute atomic E-state index is 5.41. The Hall–Kier alpha value is -1.99. The fraction of sp³-hybridized carbons (Fsp3) is 0.588. The SMILES string of the molecule is CN=C(NCCc1ccc2c(c1)OCO2)NCCN1CCOCC1. The largest absolute Gasteiger partial charge is 0.454 e. The average Bonchev–Trinajstić information content (AvgIpc) is 3.09. The number of benzene rings is 1. The Kier molecular flexibility index (Phi) is 6.14. The summed E-state index contributed by atoms with van der Waals surface area (Å²) < 4.78 is 16.1. The predicted molar refractivity (Wildman–Crippen MR) is 92.9 cm³/mol. The highest BCUT2D eigenvalue weighted by molar-refractivity contribution is 5.79. The van der Waals surface area contributed by atoms with E-state index in [1.165, 1.54) is 5.56 Å². The molecule has 2 aliphatic heterocycles. The molecule has 0 radical (unpaired) electrons. The zero-order chi connectivity index (χ0) is 16.6. The number of morpholine rings is 1. The molecule has 0 saturated carbocycles. The van der Waals surface area contributed by atoms with E-state index in [2.05, 4.69) is 26.6 Å². The molecule has 24 heavy (non-hydrogen) atoms. The van der Waals surface area contributed by atoms with Crippen LogP contribution in [-0.4, -0.2) is 70.6 Å². The molecule has 1 aromatic carbocycles. The van der Waals surface area contributed by atoms with E-state index in [9.17, 15) is 0 Å². The van der Waals surface area contributed by atoms with Gasteiger partial charge in [0.2, 0.25) is 6.79 Å². The summed E-state index contributed by atoms with van der Waals surface area (Å²) in [4.78, 5) is 6.67. The van der Waals surface area contributed by atoms with Crippen LogP contribution in [0, 0.1) is 0 Å². The van der Waals surface area contributed by atoms with Crippen molar-refractivity contribution < 1.29 is 14.2 Å². The summed E-state index contributed by atoms with van der Waals surface area (Å²) in [5.74, 6) is 2.50. The van der Waals surface area contributed by atoms with Crippen molar-refractivity contribution in [3.8, 4) is 11.5 Å². The van der Waals surface area contributed by atoms with Crippen molar-refractivity contribution in [2.24, 2.45) is 4.99 Å². The molecule has 1 saturated heterocycles. The van der Waals surface area contributed by atoms with Crippen LogP contribution < -0.4 is 20.1 Å². The fourth-order valence-corrected chi connectivity index (χ4v) is 2.80. The molecule has 132 valence electrons. The van der Waals surface area contributed by atoms with Gasteiger partial charge in [0.25, 0.3) is 0 Å². The van der Waals surface area contributed by atoms with Gasteiger partial charge < -0.3 is 24.8 Å². The summed E-state index contributed by atoms with van der Waals surface area (Å²) >= 11 is 0. The number of nitrogens with one attached hydrogen (secondary N) is 2. The summed E-state index contributed by atoms with van der Waals surface area (Å²) in [6.07, 6.45) is 0.904. The second-order valence-corrected chi connectivity index (χ2v) is 5.82. The molecule has 1 fully saturated rings. The van der Waals surface area contributed by atoms with Crippen molar-refractivity contribution in [3.05, 3.63) is 23.8 Å². The second kappa shape index (κ2) is 8.75. The number of rotatable bonds is 6. The summed E-state index contributed by atoms with van der Waals surface area (Å²) in [6, 6.07) is 6.08. The molecule has 0 unspecified atom stereocenters. The number of guanidine groups is 1. The van der Waals surface area contributed by atoms with E-state index in [4.69, 9.17) is 14.2 Å². The van der Waals surface area contributed by atoms with Gasteiger partial charge in [-0.25, -0.2) is 0 Å². The van der Waals surface area contributed by atoms with Crippen molar-refractivity contribution in [1.82, 2.24) is 15.5 Å². The van der Waals surface area contributed by atoms with Gasteiger partial charge in [-0.05, 0) is 24.1 Å². The van der Waals surface area contributed by atoms with E-state index >= 15 is 0 Å². The molecule has 0 spiro atoms. The lowest BCUT2D eigenvalue weighted by Crippen LogP contribution is -2.44. The molecule has 0 bridgehead atoms. The average molecular weight is 334 g/mol. The van der Waals surface area contributed by atoms with Crippen LogP contribution in [0.25, 0.3) is 0 Å². The molecule has 1 aromatic rings. The Morgan fingerprint density at radius 1 is 1.12 bits per heavy atom. The Balaban J connectivity index is 1.35. The smallest absolute Gasteiger partial charge is 0.231 e. The van der Waals surface area contributed by atoms with Crippen molar-refractivity contribution >= 4 is 5.96 Å². The van der Waals surface area contributed by atoms with Gasteiger partial charge >= 0.3 is 0 Å². The highest BCUT2D eigenvalue weighted by Crippen LogP contribution is 2.32. The lowest BCUT2D eigenvalue weighted by atomic mass is 10.1. The molecule has 0 aliphatic carbocycles. The Morgan fingerprint density at radius 3 is 2.75 bits per heavy atom. The normalized spacial score (nSPS) is 17.8. The van der Waals surface area contributed by atoms with Gasteiger partial charge in [0, 0.05) is 39.8 Å². The zero-order valence-corrected chi connectivity index (χ0v) is 14.2. The van der Waals surface area contributed by atoms with Crippen molar-refractivity contribution in [3.63, 3.8) is 0 Å². The molecule has 7 heteroatoms. The first-order valence-corrected chi connectivity index (χ1v) is 8.48.